The molecule has 4 rings (SSSR count). The monoisotopic (exact) mass is 417 g/mol. The highest BCUT2D eigenvalue weighted by molar-refractivity contribution is 5.93. The number of aromatic nitrogens is 2. The number of aryl methyl sites for hydroxylation is 1. The number of carbonyl (C=O) groups excluding carboxylic acids is 1. The van der Waals surface area contributed by atoms with Crippen molar-refractivity contribution in [3.05, 3.63) is 65.5 Å². The quantitative estimate of drug-likeness (QED) is 0.582. The Hall–Kier alpha value is -2.87. The Labute approximate surface area is 172 Å². The molecule has 2 heterocycles. The van der Waals surface area contributed by atoms with Gasteiger partial charge in [0, 0.05) is 26.1 Å². The fourth-order valence-corrected chi connectivity index (χ4v) is 3.89. The predicted molar refractivity (Wildman–Crippen MR) is 106 cm³/mol. The van der Waals surface area contributed by atoms with Gasteiger partial charge in [0.15, 0.2) is 0 Å². The number of esters is 1. The Kier molecular flexibility index (Phi) is 5.51. The summed E-state index contributed by atoms with van der Waals surface area (Å²) in [4.78, 5) is 18.4. The summed E-state index contributed by atoms with van der Waals surface area (Å²) in [5.41, 5.74) is 1.88. The first-order valence-corrected chi connectivity index (χ1v) is 9.78. The van der Waals surface area contributed by atoms with Gasteiger partial charge in [-0.1, -0.05) is 30.3 Å². The van der Waals surface area contributed by atoms with E-state index in [9.17, 15) is 18.0 Å². The van der Waals surface area contributed by atoms with Gasteiger partial charge < -0.3 is 9.30 Å². The lowest BCUT2D eigenvalue weighted by Crippen LogP contribution is -2.22. The molecule has 0 radical (unpaired) electrons. The third kappa shape index (κ3) is 4.33. The number of rotatable bonds is 5. The van der Waals surface area contributed by atoms with Crippen molar-refractivity contribution in [2.75, 3.05) is 19.7 Å². The Morgan fingerprint density at radius 3 is 2.70 bits per heavy atom. The molecule has 1 fully saturated rings. The maximum Gasteiger partial charge on any atom is 0.449 e. The number of imidazole rings is 1. The van der Waals surface area contributed by atoms with E-state index in [0.29, 0.717) is 5.52 Å². The van der Waals surface area contributed by atoms with Gasteiger partial charge in [-0.05, 0) is 36.7 Å². The van der Waals surface area contributed by atoms with Gasteiger partial charge in [0.1, 0.15) is 0 Å². The van der Waals surface area contributed by atoms with Crippen LogP contribution in [0, 0.1) is 5.92 Å². The van der Waals surface area contributed by atoms with Crippen LogP contribution >= 0.6 is 0 Å². The highest BCUT2D eigenvalue weighted by Crippen LogP contribution is 2.31. The molecule has 1 aromatic heterocycles. The summed E-state index contributed by atoms with van der Waals surface area (Å²) in [6, 6.07) is 14.5. The summed E-state index contributed by atoms with van der Waals surface area (Å²) in [6.07, 6.45) is -3.61. The molecule has 0 aliphatic carbocycles. The van der Waals surface area contributed by atoms with Gasteiger partial charge in [-0.3, -0.25) is 4.90 Å². The third-order valence-electron chi connectivity index (χ3n) is 5.44. The van der Waals surface area contributed by atoms with E-state index in [4.69, 9.17) is 4.74 Å². The first-order valence-electron chi connectivity index (χ1n) is 9.78. The van der Waals surface area contributed by atoms with Crippen LogP contribution in [0.15, 0.2) is 48.5 Å². The minimum absolute atomic E-state index is 0.120. The molecule has 0 spiro atoms. The van der Waals surface area contributed by atoms with Crippen molar-refractivity contribution in [2.24, 2.45) is 13.0 Å². The number of alkyl halides is 3. The van der Waals surface area contributed by atoms with E-state index in [1.54, 1.807) is 0 Å². The highest BCUT2D eigenvalue weighted by atomic mass is 19.4. The minimum atomic E-state index is -4.55. The van der Waals surface area contributed by atoms with Crippen LogP contribution in [0.3, 0.4) is 0 Å². The van der Waals surface area contributed by atoms with E-state index in [0.717, 1.165) is 30.6 Å². The van der Waals surface area contributed by atoms with Crippen LogP contribution in [0.25, 0.3) is 11.0 Å². The van der Waals surface area contributed by atoms with Crippen molar-refractivity contribution in [2.45, 2.75) is 19.1 Å². The van der Waals surface area contributed by atoms with Gasteiger partial charge in [-0.15, -0.1) is 0 Å². The van der Waals surface area contributed by atoms with Crippen molar-refractivity contribution >= 4 is 17.0 Å². The van der Waals surface area contributed by atoms with Crippen LogP contribution in [-0.4, -0.2) is 40.1 Å². The second-order valence-corrected chi connectivity index (χ2v) is 7.67. The molecule has 8 heteroatoms. The lowest BCUT2D eigenvalue weighted by Gasteiger charge is -2.16. The molecule has 0 saturated carbocycles. The molecule has 0 unspecified atom stereocenters. The van der Waals surface area contributed by atoms with Gasteiger partial charge in [0.25, 0.3) is 0 Å². The molecule has 30 heavy (non-hydrogen) atoms. The predicted octanol–water partition coefficient (Wildman–Crippen LogP) is 4.27. The van der Waals surface area contributed by atoms with E-state index in [1.165, 1.54) is 30.8 Å². The summed E-state index contributed by atoms with van der Waals surface area (Å²) in [7, 11) is 1.30. The number of hydrogen-bond donors (Lipinski definition) is 0. The second-order valence-electron chi connectivity index (χ2n) is 7.67. The number of carbonyl (C=O) groups is 1. The molecule has 1 aliphatic rings. The van der Waals surface area contributed by atoms with Crippen molar-refractivity contribution in [3.63, 3.8) is 0 Å². The molecule has 0 bridgehead atoms. The molecule has 0 amide bonds. The maximum absolute atomic E-state index is 13.0. The fraction of sp³-hybridized carbons (Fsp3) is 0.364. The molecule has 0 N–H and O–H groups in total. The van der Waals surface area contributed by atoms with Crippen LogP contribution in [0.2, 0.25) is 0 Å². The number of ether oxygens (including phenoxy) is 1. The number of likely N-dealkylation sites (tertiary alicyclic amines) is 1. The van der Waals surface area contributed by atoms with Crippen LogP contribution in [-0.2, 0) is 24.5 Å². The summed E-state index contributed by atoms with van der Waals surface area (Å²) < 4.78 is 45.5. The SMILES string of the molecule is Cn1c(C(F)(F)F)nc2cc(C(=O)OC[C@@H]3CCN(Cc4ccccc4)C3)ccc21. The van der Waals surface area contributed by atoms with Gasteiger partial charge >= 0.3 is 12.1 Å². The normalized spacial score (nSPS) is 17.5. The zero-order valence-electron chi connectivity index (χ0n) is 16.5. The smallest absolute Gasteiger partial charge is 0.449 e. The van der Waals surface area contributed by atoms with Crippen molar-refractivity contribution < 1.29 is 22.7 Å². The topological polar surface area (TPSA) is 47.4 Å². The first-order chi connectivity index (χ1) is 14.3. The number of hydrogen-bond acceptors (Lipinski definition) is 4. The number of halogens is 3. The molecule has 158 valence electrons. The molecule has 5 nitrogen and oxygen atoms in total. The number of nitrogens with zero attached hydrogens (tertiary/aromatic N) is 3. The van der Waals surface area contributed by atoms with E-state index in [1.807, 2.05) is 18.2 Å². The fourth-order valence-electron chi connectivity index (χ4n) is 3.89. The van der Waals surface area contributed by atoms with Crippen molar-refractivity contribution in [3.8, 4) is 0 Å². The Morgan fingerprint density at radius 2 is 1.97 bits per heavy atom. The highest BCUT2D eigenvalue weighted by Gasteiger charge is 2.36. The van der Waals surface area contributed by atoms with E-state index < -0.39 is 18.0 Å². The van der Waals surface area contributed by atoms with E-state index in [2.05, 4.69) is 22.0 Å². The molecular formula is C22H22F3N3O2. The third-order valence-corrected chi connectivity index (χ3v) is 5.44. The Balaban J connectivity index is 1.36. The van der Waals surface area contributed by atoms with Crippen LogP contribution in [0.1, 0.15) is 28.2 Å². The van der Waals surface area contributed by atoms with Gasteiger partial charge in [-0.25, -0.2) is 9.78 Å². The molecule has 1 atom stereocenters. The minimum Gasteiger partial charge on any atom is -0.462 e. The number of benzene rings is 2. The van der Waals surface area contributed by atoms with Crippen LogP contribution < -0.4 is 0 Å². The summed E-state index contributed by atoms with van der Waals surface area (Å²) in [5, 5.41) is 0. The van der Waals surface area contributed by atoms with Crippen LogP contribution in [0.4, 0.5) is 13.2 Å². The maximum atomic E-state index is 13.0. The molecule has 3 aromatic rings. The van der Waals surface area contributed by atoms with E-state index >= 15 is 0 Å². The lowest BCUT2D eigenvalue weighted by molar-refractivity contribution is -0.146. The lowest BCUT2D eigenvalue weighted by atomic mass is 10.1. The number of fused-ring (bicyclic) bond motifs is 1. The zero-order valence-corrected chi connectivity index (χ0v) is 16.5. The average molecular weight is 417 g/mol. The molecule has 1 aliphatic heterocycles. The zero-order chi connectivity index (χ0) is 21.3. The summed E-state index contributed by atoms with van der Waals surface area (Å²) in [6.45, 7) is 2.94. The van der Waals surface area contributed by atoms with Gasteiger partial charge in [0.05, 0.1) is 23.2 Å². The van der Waals surface area contributed by atoms with Gasteiger partial charge in [0.2, 0.25) is 5.82 Å². The second kappa shape index (κ2) is 8.10. The van der Waals surface area contributed by atoms with Gasteiger partial charge in [-0.2, -0.15) is 13.2 Å². The molecule has 1 saturated heterocycles. The molecule has 2 aromatic carbocycles. The van der Waals surface area contributed by atoms with Crippen molar-refractivity contribution in [1.82, 2.24) is 14.5 Å². The van der Waals surface area contributed by atoms with E-state index in [-0.39, 0.29) is 23.6 Å². The van der Waals surface area contributed by atoms with Crippen molar-refractivity contribution in [1.29, 1.82) is 0 Å². The standard InChI is InChI=1S/C22H22F3N3O2/c1-27-19-8-7-17(11-18(19)26-21(27)22(23,24)25)20(29)30-14-16-9-10-28(13-16)12-15-5-3-2-4-6-15/h2-8,11,16H,9-10,12-14H2,1H3/t16-/m1/s1. The van der Waals surface area contributed by atoms with Crippen LogP contribution in [0.5, 0.6) is 0 Å². The Bertz CT molecular complexity index is 1050. The summed E-state index contributed by atoms with van der Waals surface area (Å²) in [5.74, 6) is -1.29. The largest absolute Gasteiger partial charge is 0.462 e. The summed E-state index contributed by atoms with van der Waals surface area (Å²) >= 11 is 0. The average Bonchev–Trinajstić information content (AvgIpc) is 3.30. The molecular weight excluding hydrogens is 395 g/mol. The first kappa shape index (κ1) is 20.4. The Morgan fingerprint density at radius 1 is 1.20 bits per heavy atom.